The van der Waals surface area contributed by atoms with E-state index in [0.29, 0.717) is 0 Å². The summed E-state index contributed by atoms with van der Waals surface area (Å²) in [5.74, 6) is -1.69. The van der Waals surface area contributed by atoms with E-state index >= 15 is 0 Å². The standard InChI is InChI=1S/C11H11FO3/c1-7-3-4-9(10(12)5-7)11(14)6-15-8(2)13/h3-5H,6H2,1-2H3. The zero-order valence-electron chi connectivity index (χ0n) is 8.54. The Hall–Kier alpha value is -1.71. The Morgan fingerprint density at radius 1 is 1.40 bits per heavy atom. The maximum absolute atomic E-state index is 13.3. The molecule has 0 aromatic heterocycles. The molecule has 15 heavy (non-hydrogen) atoms. The lowest BCUT2D eigenvalue weighted by molar-refractivity contribution is -0.139. The van der Waals surface area contributed by atoms with Gasteiger partial charge in [0, 0.05) is 6.92 Å². The normalized spacial score (nSPS) is 9.80. The third-order valence-corrected chi connectivity index (χ3v) is 1.83. The molecule has 1 aromatic rings. The average Bonchev–Trinajstić information content (AvgIpc) is 2.14. The minimum Gasteiger partial charge on any atom is -0.457 e. The number of carbonyl (C=O) groups excluding carboxylic acids is 2. The van der Waals surface area contributed by atoms with E-state index in [4.69, 9.17) is 0 Å². The predicted octanol–water partition coefficient (Wildman–Crippen LogP) is 1.88. The fraction of sp³-hybridized carbons (Fsp3) is 0.273. The fourth-order valence-electron chi connectivity index (χ4n) is 1.09. The molecule has 0 saturated carbocycles. The van der Waals surface area contributed by atoms with Crippen molar-refractivity contribution < 1.29 is 18.7 Å². The molecule has 0 saturated heterocycles. The van der Waals surface area contributed by atoms with Gasteiger partial charge in [-0.05, 0) is 24.6 Å². The number of benzene rings is 1. The first kappa shape index (κ1) is 11.4. The number of ether oxygens (including phenoxy) is 1. The van der Waals surface area contributed by atoms with E-state index in [-0.39, 0.29) is 5.56 Å². The Morgan fingerprint density at radius 3 is 2.60 bits per heavy atom. The van der Waals surface area contributed by atoms with Gasteiger partial charge in [-0.1, -0.05) is 6.07 Å². The molecule has 0 spiro atoms. The molecular weight excluding hydrogens is 199 g/mol. The summed E-state index contributed by atoms with van der Waals surface area (Å²) in [6.45, 7) is 2.50. The second-order valence-corrected chi connectivity index (χ2v) is 3.19. The lowest BCUT2D eigenvalue weighted by Gasteiger charge is -2.03. The second kappa shape index (κ2) is 4.68. The number of rotatable bonds is 3. The number of hydrogen-bond donors (Lipinski definition) is 0. The van der Waals surface area contributed by atoms with Gasteiger partial charge in [-0.2, -0.15) is 0 Å². The van der Waals surface area contributed by atoms with Crippen LogP contribution in [0.15, 0.2) is 18.2 Å². The molecule has 3 nitrogen and oxygen atoms in total. The minimum atomic E-state index is -0.591. The first-order valence-corrected chi connectivity index (χ1v) is 4.43. The third-order valence-electron chi connectivity index (χ3n) is 1.83. The molecule has 0 aliphatic carbocycles. The van der Waals surface area contributed by atoms with Crippen molar-refractivity contribution in [2.45, 2.75) is 13.8 Å². The van der Waals surface area contributed by atoms with E-state index in [9.17, 15) is 14.0 Å². The zero-order valence-corrected chi connectivity index (χ0v) is 8.54. The van der Waals surface area contributed by atoms with E-state index in [1.165, 1.54) is 19.1 Å². The Labute approximate surface area is 86.9 Å². The number of esters is 1. The predicted molar refractivity (Wildman–Crippen MR) is 52.1 cm³/mol. The summed E-state index contributed by atoms with van der Waals surface area (Å²) in [4.78, 5) is 21.8. The number of halogens is 1. The van der Waals surface area contributed by atoms with Crippen molar-refractivity contribution in [3.05, 3.63) is 35.1 Å². The van der Waals surface area contributed by atoms with Crippen LogP contribution in [0.5, 0.6) is 0 Å². The summed E-state index contributed by atoms with van der Waals surface area (Å²) in [5.41, 5.74) is 0.679. The summed E-state index contributed by atoms with van der Waals surface area (Å²) in [7, 11) is 0. The van der Waals surface area contributed by atoms with Gasteiger partial charge in [0.15, 0.2) is 6.61 Å². The second-order valence-electron chi connectivity index (χ2n) is 3.19. The summed E-state index contributed by atoms with van der Waals surface area (Å²) < 4.78 is 17.8. The minimum absolute atomic E-state index is 0.0538. The molecule has 0 amide bonds. The van der Waals surface area contributed by atoms with Crippen LogP contribution in [0.3, 0.4) is 0 Å². The van der Waals surface area contributed by atoms with Gasteiger partial charge < -0.3 is 4.74 Å². The smallest absolute Gasteiger partial charge is 0.303 e. The van der Waals surface area contributed by atoms with Crippen LogP contribution >= 0.6 is 0 Å². The van der Waals surface area contributed by atoms with Crippen LogP contribution in [0.1, 0.15) is 22.8 Å². The van der Waals surface area contributed by atoms with Crippen molar-refractivity contribution in [2.24, 2.45) is 0 Å². The van der Waals surface area contributed by atoms with Crippen LogP contribution < -0.4 is 0 Å². The van der Waals surface area contributed by atoms with Crippen molar-refractivity contribution >= 4 is 11.8 Å². The highest BCUT2D eigenvalue weighted by Crippen LogP contribution is 2.10. The lowest BCUT2D eigenvalue weighted by Crippen LogP contribution is -2.13. The summed E-state index contributed by atoms with van der Waals surface area (Å²) in [6, 6.07) is 4.28. The molecule has 0 radical (unpaired) electrons. The summed E-state index contributed by atoms with van der Waals surface area (Å²) >= 11 is 0. The van der Waals surface area contributed by atoms with E-state index < -0.39 is 24.2 Å². The monoisotopic (exact) mass is 210 g/mol. The van der Waals surface area contributed by atoms with Crippen molar-refractivity contribution in [2.75, 3.05) is 6.61 Å². The highest BCUT2D eigenvalue weighted by Gasteiger charge is 2.12. The van der Waals surface area contributed by atoms with Gasteiger partial charge in [-0.3, -0.25) is 9.59 Å². The van der Waals surface area contributed by atoms with Gasteiger partial charge >= 0.3 is 5.97 Å². The molecule has 0 fully saturated rings. The maximum Gasteiger partial charge on any atom is 0.303 e. The molecule has 0 bridgehead atoms. The molecule has 80 valence electrons. The van der Waals surface area contributed by atoms with Gasteiger partial charge in [-0.15, -0.1) is 0 Å². The number of hydrogen-bond acceptors (Lipinski definition) is 3. The lowest BCUT2D eigenvalue weighted by atomic mass is 10.1. The molecule has 0 N–H and O–H groups in total. The average molecular weight is 210 g/mol. The van der Waals surface area contributed by atoms with Crippen LogP contribution in [-0.2, 0) is 9.53 Å². The largest absolute Gasteiger partial charge is 0.457 e. The number of ketones is 1. The van der Waals surface area contributed by atoms with Gasteiger partial charge in [0.1, 0.15) is 5.82 Å². The van der Waals surface area contributed by atoms with Crippen LogP contribution in [0.4, 0.5) is 4.39 Å². The first-order valence-electron chi connectivity index (χ1n) is 4.43. The topological polar surface area (TPSA) is 43.4 Å². The summed E-state index contributed by atoms with van der Waals surface area (Å²) in [5, 5.41) is 0. The molecule has 1 rings (SSSR count). The molecular formula is C11H11FO3. The number of aryl methyl sites for hydroxylation is 1. The highest BCUT2D eigenvalue weighted by atomic mass is 19.1. The Morgan fingerprint density at radius 2 is 2.07 bits per heavy atom. The van der Waals surface area contributed by atoms with Crippen LogP contribution in [-0.4, -0.2) is 18.4 Å². The maximum atomic E-state index is 13.3. The van der Waals surface area contributed by atoms with Crippen LogP contribution in [0.2, 0.25) is 0 Å². The molecule has 0 aliphatic heterocycles. The fourth-order valence-corrected chi connectivity index (χ4v) is 1.09. The van der Waals surface area contributed by atoms with Crippen LogP contribution in [0.25, 0.3) is 0 Å². The Balaban J connectivity index is 2.78. The zero-order chi connectivity index (χ0) is 11.4. The van der Waals surface area contributed by atoms with Gasteiger partial charge in [0.2, 0.25) is 5.78 Å². The highest BCUT2D eigenvalue weighted by molar-refractivity contribution is 5.98. The van der Waals surface area contributed by atoms with E-state index in [1.54, 1.807) is 13.0 Å². The Bertz CT molecular complexity index is 399. The number of Topliss-reactive ketones (excluding diaryl/α,β-unsaturated/α-hetero) is 1. The Kier molecular flexibility index (Phi) is 3.55. The van der Waals surface area contributed by atoms with Gasteiger partial charge in [0.05, 0.1) is 5.56 Å². The number of carbonyl (C=O) groups is 2. The van der Waals surface area contributed by atoms with Gasteiger partial charge in [0.25, 0.3) is 0 Å². The van der Waals surface area contributed by atoms with E-state index in [0.717, 1.165) is 5.56 Å². The molecule has 0 aliphatic rings. The van der Waals surface area contributed by atoms with E-state index in [2.05, 4.69) is 4.74 Å². The van der Waals surface area contributed by atoms with Crippen LogP contribution in [0, 0.1) is 12.7 Å². The SMILES string of the molecule is CC(=O)OCC(=O)c1ccc(C)cc1F. The molecule has 0 unspecified atom stereocenters. The van der Waals surface area contributed by atoms with Crippen molar-refractivity contribution in [1.29, 1.82) is 0 Å². The van der Waals surface area contributed by atoms with E-state index in [1.807, 2.05) is 0 Å². The molecule has 0 heterocycles. The molecule has 4 heteroatoms. The third kappa shape index (κ3) is 3.16. The summed E-state index contributed by atoms with van der Waals surface area (Å²) in [6.07, 6.45) is 0. The van der Waals surface area contributed by atoms with Gasteiger partial charge in [-0.25, -0.2) is 4.39 Å². The molecule has 0 atom stereocenters. The molecule has 1 aromatic carbocycles. The van der Waals surface area contributed by atoms with Crippen molar-refractivity contribution in [1.82, 2.24) is 0 Å². The van der Waals surface area contributed by atoms with Crippen molar-refractivity contribution in [3.8, 4) is 0 Å². The van der Waals surface area contributed by atoms with Crippen molar-refractivity contribution in [3.63, 3.8) is 0 Å². The quantitative estimate of drug-likeness (QED) is 0.565. The first-order chi connectivity index (χ1) is 7.00.